The first-order valence-electron chi connectivity index (χ1n) is 9.04. The molecule has 1 aromatic carbocycles. The molecular weight excluding hydrogens is 344 g/mol. The van der Waals surface area contributed by atoms with E-state index >= 15 is 0 Å². The van der Waals surface area contributed by atoms with Gasteiger partial charge in [0, 0.05) is 44.1 Å². The van der Waals surface area contributed by atoms with Crippen LogP contribution in [0.15, 0.2) is 42.7 Å². The van der Waals surface area contributed by atoms with E-state index in [4.69, 9.17) is 4.74 Å². The first-order valence-corrected chi connectivity index (χ1v) is 9.04. The molecular formula is C20H24N4O3. The summed E-state index contributed by atoms with van der Waals surface area (Å²) < 4.78 is 5.33. The van der Waals surface area contributed by atoms with Crippen LogP contribution < -0.4 is 10.6 Å². The zero-order valence-electron chi connectivity index (χ0n) is 15.4. The molecule has 1 saturated heterocycles. The predicted molar refractivity (Wildman–Crippen MR) is 103 cm³/mol. The van der Waals surface area contributed by atoms with Crippen molar-refractivity contribution in [3.05, 3.63) is 59.4 Å². The van der Waals surface area contributed by atoms with Crippen LogP contribution in [0.5, 0.6) is 0 Å². The molecule has 3 rings (SSSR count). The molecule has 2 aromatic rings. The van der Waals surface area contributed by atoms with Gasteiger partial charge in [-0.15, -0.1) is 0 Å². The lowest BCUT2D eigenvalue weighted by Crippen LogP contribution is -2.41. The molecule has 142 valence electrons. The van der Waals surface area contributed by atoms with Crippen LogP contribution in [-0.4, -0.2) is 61.1 Å². The number of nitrogens with zero attached hydrogens (tertiary/aromatic N) is 2. The number of carbonyl (C=O) groups is 2. The van der Waals surface area contributed by atoms with Gasteiger partial charge in [-0.1, -0.05) is 12.1 Å². The number of rotatable bonds is 6. The fourth-order valence-corrected chi connectivity index (χ4v) is 2.96. The SMILES string of the molecule is Cc1cccc(C(=O)NCCN2CCOCC2)c1NC(=O)c1ccncc1. The Kier molecular flexibility index (Phi) is 6.51. The molecule has 0 aliphatic carbocycles. The number of hydrogen-bond acceptors (Lipinski definition) is 5. The standard InChI is InChI=1S/C20H24N4O3/c1-15-3-2-4-17(18(15)23-19(25)16-5-7-21-8-6-16)20(26)22-9-10-24-11-13-27-14-12-24/h2-8H,9-14H2,1H3,(H,22,26)(H,23,25). The van der Waals surface area contributed by atoms with E-state index in [1.54, 1.807) is 30.6 Å². The van der Waals surface area contributed by atoms with E-state index in [2.05, 4.69) is 20.5 Å². The first kappa shape index (κ1) is 19.0. The Morgan fingerprint density at radius 1 is 1.11 bits per heavy atom. The quantitative estimate of drug-likeness (QED) is 0.811. The fraction of sp³-hybridized carbons (Fsp3) is 0.350. The van der Waals surface area contributed by atoms with E-state index in [1.165, 1.54) is 0 Å². The Balaban J connectivity index is 1.65. The van der Waals surface area contributed by atoms with Crippen molar-refractivity contribution in [3.8, 4) is 0 Å². The minimum atomic E-state index is -0.269. The second-order valence-corrected chi connectivity index (χ2v) is 6.40. The molecule has 0 atom stereocenters. The first-order chi connectivity index (χ1) is 13.1. The molecule has 7 nitrogen and oxygen atoms in total. The normalized spacial score (nSPS) is 14.6. The molecule has 1 aliphatic rings. The zero-order valence-corrected chi connectivity index (χ0v) is 15.4. The van der Waals surface area contributed by atoms with E-state index in [0.717, 1.165) is 38.4 Å². The molecule has 2 heterocycles. The molecule has 27 heavy (non-hydrogen) atoms. The molecule has 0 saturated carbocycles. The van der Waals surface area contributed by atoms with Gasteiger partial charge >= 0.3 is 0 Å². The van der Waals surface area contributed by atoms with Crippen molar-refractivity contribution in [2.24, 2.45) is 0 Å². The van der Waals surface area contributed by atoms with Crippen molar-refractivity contribution in [1.82, 2.24) is 15.2 Å². The van der Waals surface area contributed by atoms with E-state index in [1.807, 2.05) is 19.1 Å². The molecule has 1 fully saturated rings. The van der Waals surface area contributed by atoms with Gasteiger partial charge in [0.2, 0.25) is 0 Å². The second-order valence-electron chi connectivity index (χ2n) is 6.40. The number of para-hydroxylation sites is 1. The molecule has 0 bridgehead atoms. The second kappa shape index (κ2) is 9.25. The van der Waals surface area contributed by atoms with Gasteiger partial charge in [0.1, 0.15) is 0 Å². The molecule has 2 N–H and O–H groups in total. The minimum Gasteiger partial charge on any atom is -0.379 e. The summed E-state index contributed by atoms with van der Waals surface area (Å²) in [4.78, 5) is 31.3. The topological polar surface area (TPSA) is 83.6 Å². The van der Waals surface area contributed by atoms with Crippen LogP contribution in [0.2, 0.25) is 0 Å². The lowest BCUT2D eigenvalue weighted by atomic mass is 10.1. The van der Waals surface area contributed by atoms with Gasteiger partial charge in [0.15, 0.2) is 0 Å². The van der Waals surface area contributed by atoms with Gasteiger partial charge in [-0.3, -0.25) is 19.5 Å². The Morgan fingerprint density at radius 3 is 2.59 bits per heavy atom. The third-order valence-corrected chi connectivity index (χ3v) is 4.52. The third kappa shape index (κ3) is 5.12. The van der Waals surface area contributed by atoms with Crippen LogP contribution in [0.1, 0.15) is 26.3 Å². The summed E-state index contributed by atoms with van der Waals surface area (Å²) in [6.07, 6.45) is 3.12. The van der Waals surface area contributed by atoms with Gasteiger partial charge in [0.25, 0.3) is 11.8 Å². The highest BCUT2D eigenvalue weighted by Gasteiger charge is 2.17. The van der Waals surface area contributed by atoms with Crippen LogP contribution in [0, 0.1) is 6.92 Å². The average Bonchev–Trinajstić information content (AvgIpc) is 2.71. The molecule has 0 radical (unpaired) electrons. The Labute approximate surface area is 158 Å². The number of pyridine rings is 1. The molecule has 7 heteroatoms. The van der Waals surface area contributed by atoms with Crippen LogP contribution in [0.4, 0.5) is 5.69 Å². The maximum absolute atomic E-state index is 12.7. The van der Waals surface area contributed by atoms with Crippen molar-refractivity contribution in [3.63, 3.8) is 0 Å². The maximum Gasteiger partial charge on any atom is 0.255 e. The number of anilines is 1. The number of benzene rings is 1. The van der Waals surface area contributed by atoms with Crippen LogP contribution in [0.25, 0.3) is 0 Å². The summed E-state index contributed by atoms with van der Waals surface area (Å²) in [5.74, 6) is -0.467. The number of morpholine rings is 1. The van der Waals surface area contributed by atoms with Gasteiger partial charge < -0.3 is 15.4 Å². The highest BCUT2D eigenvalue weighted by atomic mass is 16.5. The van der Waals surface area contributed by atoms with Crippen LogP contribution in [0.3, 0.4) is 0 Å². The smallest absolute Gasteiger partial charge is 0.255 e. The van der Waals surface area contributed by atoms with Gasteiger partial charge in [-0.2, -0.15) is 0 Å². The summed E-state index contributed by atoms with van der Waals surface area (Å²) in [6.45, 7) is 6.42. The molecule has 0 spiro atoms. The summed E-state index contributed by atoms with van der Waals surface area (Å²) in [7, 11) is 0. The van der Waals surface area contributed by atoms with Crippen molar-refractivity contribution in [2.45, 2.75) is 6.92 Å². The van der Waals surface area contributed by atoms with E-state index < -0.39 is 0 Å². The lowest BCUT2D eigenvalue weighted by Gasteiger charge is -2.26. The van der Waals surface area contributed by atoms with Gasteiger partial charge in [0.05, 0.1) is 24.5 Å². The number of aryl methyl sites for hydroxylation is 1. The molecule has 1 aliphatic heterocycles. The third-order valence-electron chi connectivity index (χ3n) is 4.52. The summed E-state index contributed by atoms with van der Waals surface area (Å²) >= 11 is 0. The van der Waals surface area contributed by atoms with Gasteiger partial charge in [-0.25, -0.2) is 0 Å². The maximum atomic E-state index is 12.7. The predicted octanol–water partition coefficient (Wildman–Crippen LogP) is 1.70. The number of aromatic nitrogens is 1. The van der Waals surface area contributed by atoms with Crippen molar-refractivity contribution >= 4 is 17.5 Å². The molecule has 0 unspecified atom stereocenters. The fourth-order valence-electron chi connectivity index (χ4n) is 2.96. The van der Waals surface area contributed by atoms with Crippen LogP contribution in [-0.2, 0) is 4.74 Å². The number of nitrogens with one attached hydrogen (secondary N) is 2. The van der Waals surface area contributed by atoms with E-state index in [-0.39, 0.29) is 11.8 Å². The largest absolute Gasteiger partial charge is 0.379 e. The monoisotopic (exact) mass is 368 g/mol. The number of hydrogen-bond donors (Lipinski definition) is 2. The summed E-state index contributed by atoms with van der Waals surface area (Å²) in [5.41, 5.74) is 2.31. The lowest BCUT2D eigenvalue weighted by molar-refractivity contribution is 0.0383. The molecule has 1 aromatic heterocycles. The van der Waals surface area contributed by atoms with Crippen molar-refractivity contribution in [2.75, 3.05) is 44.7 Å². The van der Waals surface area contributed by atoms with Crippen molar-refractivity contribution < 1.29 is 14.3 Å². The summed E-state index contributed by atoms with van der Waals surface area (Å²) in [5, 5.41) is 5.81. The van der Waals surface area contributed by atoms with Gasteiger partial charge in [-0.05, 0) is 30.7 Å². The number of carbonyl (C=O) groups excluding carboxylic acids is 2. The number of ether oxygens (including phenoxy) is 1. The Morgan fingerprint density at radius 2 is 1.85 bits per heavy atom. The van der Waals surface area contributed by atoms with Crippen LogP contribution >= 0.6 is 0 Å². The average molecular weight is 368 g/mol. The van der Waals surface area contributed by atoms with Crippen molar-refractivity contribution in [1.29, 1.82) is 0 Å². The van der Waals surface area contributed by atoms with E-state index in [9.17, 15) is 9.59 Å². The highest BCUT2D eigenvalue weighted by molar-refractivity contribution is 6.09. The molecule has 2 amide bonds. The van der Waals surface area contributed by atoms with E-state index in [0.29, 0.717) is 23.4 Å². The Bertz CT molecular complexity index is 789. The number of amides is 2. The highest BCUT2D eigenvalue weighted by Crippen LogP contribution is 2.21. The minimum absolute atomic E-state index is 0.197. The zero-order chi connectivity index (χ0) is 19.1. The summed E-state index contributed by atoms with van der Waals surface area (Å²) in [6, 6.07) is 8.67. The Hall–Kier alpha value is -2.77.